The number of nitrogens with one attached hydrogen (secondary N) is 1. The first kappa shape index (κ1) is 14.9. The van der Waals surface area contributed by atoms with Gasteiger partial charge in [-0.1, -0.05) is 6.92 Å². The van der Waals surface area contributed by atoms with Crippen molar-refractivity contribution in [3.8, 4) is 0 Å². The zero-order chi connectivity index (χ0) is 12.9. The van der Waals surface area contributed by atoms with Gasteiger partial charge in [0.1, 0.15) is 9.84 Å². The average Bonchev–Trinajstić information content (AvgIpc) is 2.19. The third kappa shape index (κ3) is 5.36. The van der Waals surface area contributed by atoms with E-state index in [1.165, 1.54) is 25.5 Å². The Hall–Kier alpha value is -0.130. The molecule has 2 unspecified atom stereocenters. The molecule has 0 radical (unpaired) electrons. The van der Waals surface area contributed by atoms with Crippen molar-refractivity contribution in [2.45, 2.75) is 32.2 Å². The van der Waals surface area contributed by atoms with Crippen molar-refractivity contribution in [3.05, 3.63) is 0 Å². The van der Waals surface area contributed by atoms with E-state index in [0.29, 0.717) is 18.5 Å². The van der Waals surface area contributed by atoms with Crippen molar-refractivity contribution in [3.63, 3.8) is 0 Å². The zero-order valence-electron chi connectivity index (χ0n) is 11.3. The van der Waals surface area contributed by atoms with E-state index >= 15 is 0 Å². The first-order chi connectivity index (χ1) is 7.94. The Morgan fingerprint density at radius 3 is 2.53 bits per heavy atom. The predicted octanol–water partition coefficient (Wildman–Crippen LogP) is 0.741. The Kier molecular flexibility index (Phi) is 5.89. The molecule has 0 aliphatic heterocycles. The van der Waals surface area contributed by atoms with Gasteiger partial charge in [0.25, 0.3) is 0 Å². The first-order valence-electron chi connectivity index (χ1n) is 6.52. The molecule has 0 aromatic rings. The second-order valence-electron chi connectivity index (χ2n) is 5.22. The molecule has 0 saturated heterocycles. The Morgan fingerprint density at radius 1 is 1.35 bits per heavy atom. The van der Waals surface area contributed by atoms with Gasteiger partial charge in [0.2, 0.25) is 0 Å². The van der Waals surface area contributed by atoms with Crippen LogP contribution < -0.4 is 5.32 Å². The summed E-state index contributed by atoms with van der Waals surface area (Å²) in [5.74, 6) is 0.973. The van der Waals surface area contributed by atoms with Gasteiger partial charge in [0.05, 0.1) is 5.75 Å². The molecule has 1 aliphatic carbocycles. The molecule has 102 valence electrons. The fourth-order valence-electron chi connectivity index (χ4n) is 2.31. The van der Waals surface area contributed by atoms with Crippen LogP contribution in [0.3, 0.4) is 0 Å². The summed E-state index contributed by atoms with van der Waals surface area (Å²) in [5.41, 5.74) is 0. The van der Waals surface area contributed by atoms with Gasteiger partial charge in [-0.2, -0.15) is 0 Å². The maximum atomic E-state index is 11.1. The molecule has 0 spiro atoms. The normalized spacial score (nSPS) is 24.9. The van der Waals surface area contributed by atoms with Crippen LogP contribution >= 0.6 is 0 Å². The molecule has 0 aromatic heterocycles. The molecule has 17 heavy (non-hydrogen) atoms. The standard InChI is InChI=1S/C12H26N2O2S/c1-4-7-13-10-11-5-6-12(11)14(2)8-9-17(3,15)16/h11-13H,4-10H2,1-3H3. The van der Waals surface area contributed by atoms with E-state index in [2.05, 4.69) is 17.1 Å². The largest absolute Gasteiger partial charge is 0.316 e. The maximum Gasteiger partial charge on any atom is 0.148 e. The highest BCUT2D eigenvalue weighted by Gasteiger charge is 2.33. The van der Waals surface area contributed by atoms with Crippen LogP contribution in [0.4, 0.5) is 0 Å². The number of rotatable bonds is 8. The van der Waals surface area contributed by atoms with Crippen LogP contribution in [-0.4, -0.2) is 58.1 Å². The number of nitrogens with zero attached hydrogens (tertiary/aromatic N) is 1. The van der Waals surface area contributed by atoms with Gasteiger partial charge in [-0.05, 0) is 45.3 Å². The van der Waals surface area contributed by atoms with Gasteiger partial charge in [0, 0.05) is 18.8 Å². The lowest BCUT2D eigenvalue weighted by Gasteiger charge is -2.43. The van der Waals surface area contributed by atoms with E-state index in [0.717, 1.165) is 13.1 Å². The van der Waals surface area contributed by atoms with Crippen molar-refractivity contribution in [2.75, 3.05) is 38.7 Å². The van der Waals surface area contributed by atoms with Gasteiger partial charge >= 0.3 is 0 Å². The fraction of sp³-hybridized carbons (Fsp3) is 1.00. The molecule has 1 rings (SSSR count). The fourth-order valence-corrected chi connectivity index (χ4v) is 2.93. The molecule has 0 bridgehead atoms. The highest BCUT2D eigenvalue weighted by Crippen LogP contribution is 2.30. The van der Waals surface area contributed by atoms with Gasteiger partial charge in [0.15, 0.2) is 0 Å². The number of hydrogen-bond donors (Lipinski definition) is 1. The highest BCUT2D eigenvalue weighted by atomic mass is 32.2. The molecule has 1 N–H and O–H groups in total. The zero-order valence-corrected chi connectivity index (χ0v) is 12.1. The Labute approximate surface area is 106 Å². The van der Waals surface area contributed by atoms with Crippen LogP contribution in [0.2, 0.25) is 0 Å². The third-order valence-electron chi connectivity index (χ3n) is 3.59. The number of hydrogen-bond acceptors (Lipinski definition) is 4. The van der Waals surface area contributed by atoms with Crippen molar-refractivity contribution in [2.24, 2.45) is 5.92 Å². The second kappa shape index (κ2) is 6.71. The Balaban J connectivity index is 2.25. The first-order valence-corrected chi connectivity index (χ1v) is 8.58. The van der Waals surface area contributed by atoms with Crippen LogP contribution in [0.5, 0.6) is 0 Å². The van der Waals surface area contributed by atoms with Crippen LogP contribution in [0.25, 0.3) is 0 Å². The van der Waals surface area contributed by atoms with Crippen molar-refractivity contribution in [1.29, 1.82) is 0 Å². The van der Waals surface area contributed by atoms with E-state index in [1.54, 1.807) is 0 Å². The smallest absolute Gasteiger partial charge is 0.148 e. The van der Waals surface area contributed by atoms with Gasteiger partial charge < -0.3 is 10.2 Å². The maximum absolute atomic E-state index is 11.1. The Bertz CT molecular complexity index is 316. The molecule has 4 nitrogen and oxygen atoms in total. The third-order valence-corrected chi connectivity index (χ3v) is 4.52. The minimum atomic E-state index is -2.83. The molecule has 0 aromatic carbocycles. The summed E-state index contributed by atoms with van der Waals surface area (Å²) in [6.45, 7) is 4.98. The molecular formula is C12H26N2O2S. The molecule has 2 atom stereocenters. The molecule has 1 saturated carbocycles. The van der Waals surface area contributed by atoms with Gasteiger partial charge in [-0.25, -0.2) is 8.42 Å². The second-order valence-corrected chi connectivity index (χ2v) is 7.48. The van der Waals surface area contributed by atoms with Crippen LogP contribution in [0, 0.1) is 5.92 Å². The topological polar surface area (TPSA) is 49.4 Å². The van der Waals surface area contributed by atoms with Crippen LogP contribution in [0.15, 0.2) is 0 Å². The molecule has 0 heterocycles. The molecule has 5 heteroatoms. The van der Waals surface area contributed by atoms with Crippen molar-refractivity contribution >= 4 is 9.84 Å². The van der Waals surface area contributed by atoms with Gasteiger partial charge in [-0.3, -0.25) is 0 Å². The van der Waals surface area contributed by atoms with E-state index < -0.39 is 9.84 Å². The number of sulfone groups is 1. The van der Waals surface area contributed by atoms with Crippen LogP contribution in [-0.2, 0) is 9.84 Å². The summed E-state index contributed by atoms with van der Waals surface area (Å²) in [6.07, 6.45) is 4.95. The average molecular weight is 262 g/mol. The van der Waals surface area contributed by atoms with Crippen molar-refractivity contribution < 1.29 is 8.42 Å². The summed E-state index contributed by atoms with van der Waals surface area (Å²) in [6, 6.07) is 0.570. The highest BCUT2D eigenvalue weighted by molar-refractivity contribution is 7.90. The SMILES string of the molecule is CCCNCC1CCC1N(C)CCS(C)(=O)=O. The summed E-state index contributed by atoms with van der Waals surface area (Å²) < 4.78 is 22.2. The Morgan fingerprint density at radius 2 is 2.06 bits per heavy atom. The summed E-state index contributed by atoms with van der Waals surface area (Å²) in [7, 11) is -0.789. The molecule has 0 amide bonds. The minimum absolute atomic E-state index is 0.273. The van der Waals surface area contributed by atoms with Gasteiger partial charge in [-0.15, -0.1) is 0 Å². The lowest BCUT2D eigenvalue weighted by molar-refractivity contribution is 0.0891. The molecular weight excluding hydrogens is 236 g/mol. The van der Waals surface area contributed by atoms with Crippen molar-refractivity contribution in [1.82, 2.24) is 10.2 Å². The lowest BCUT2D eigenvalue weighted by atomic mass is 9.78. The van der Waals surface area contributed by atoms with Crippen LogP contribution in [0.1, 0.15) is 26.2 Å². The quantitative estimate of drug-likeness (QED) is 0.656. The van der Waals surface area contributed by atoms with E-state index in [1.807, 2.05) is 7.05 Å². The minimum Gasteiger partial charge on any atom is -0.316 e. The predicted molar refractivity (Wildman–Crippen MR) is 72.0 cm³/mol. The molecule has 1 aliphatic rings. The summed E-state index contributed by atoms with van der Waals surface area (Å²) >= 11 is 0. The van der Waals surface area contributed by atoms with E-state index in [9.17, 15) is 8.42 Å². The monoisotopic (exact) mass is 262 g/mol. The van der Waals surface area contributed by atoms with E-state index in [4.69, 9.17) is 0 Å². The summed E-state index contributed by atoms with van der Waals surface area (Å²) in [4.78, 5) is 2.21. The summed E-state index contributed by atoms with van der Waals surface area (Å²) in [5, 5.41) is 3.45. The van der Waals surface area contributed by atoms with E-state index in [-0.39, 0.29) is 5.75 Å². The molecule has 1 fully saturated rings. The lowest BCUT2D eigenvalue weighted by Crippen LogP contribution is -2.50.